The topological polar surface area (TPSA) is 53.9 Å². The molecule has 0 atom stereocenters. The van der Waals surface area contributed by atoms with E-state index in [1.807, 2.05) is 26.2 Å². The Kier molecular flexibility index (Phi) is 5.30. The minimum absolute atomic E-state index is 0.267. The second-order valence-electron chi connectivity index (χ2n) is 5.93. The van der Waals surface area contributed by atoms with Gasteiger partial charge >= 0.3 is 0 Å². The van der Waals surface area contributed by atoms with E-state index in [4.69, 9.17) is 0 Å². The molecule has 0 radical (unpaired) electrons. The average molecular weight is 337 g/mol. The average Bonchev–Trinajstić information content (AvgIpc) is 2.63. The van der Waals surface area contributed by atoms with E-state index in [2.05, 4.69) is 25.2 Å². The molecule has 0 spiro atoms. The van der Waals surface area contributed by atoms with Crippen LogP contribution in [0.15, 0.2) is 55.0 Å². The molecule has 0 aliphatic heterocycles. The fraction of sp³-hybridized carbons (Fsp3) is 0.211. The van der Waals surface area contributed by atoms with Gasteiger partial charge in [-0.1, -0.05) is 12.1 Å². The van der Waals surface area contributed by atoms with Crippen LogP contribution in [0.5, 0.6) is 0 Å². The van der Waals surface area contributed by atoms with Crippen LogP contribution in [-0.2, 0) is 0 Å². The third kappa shape index (κ3) is 4.36. The summed E-state index contributed by atoms with van der Waals surface area (Å²) in [6.45, 7) is 1.63. The Morgan fingerprint density at radius 1 is 1.00 bits per heavy atom. The molecule has 25 heavy (non-hydrogen) atoms. The summed E-state index contributed by atoms with van der Waals surface area (Å²) in [5.41, 5.74) is 3.45. The Balaban J connectivity index is 1.98. The van der Waals surface area contributed by atoms with Crippen molar-refractivity contribution < 1.29 is 4.39 Å². The highest BCUT2D eigenvalue weighted by molar-refractivity contribution is 5.80. The summed E-state index contributed by atoms with van der Waals surface area (Å²) in [7, 11) is 4.03. The lowest BCUT2D eigenvalue weighted by Crippen LogP contribution is -2.21. The zero-order valence-electron chi connectivity index (χ0n) is 14.3. The summed E-state index contributed by atoms with van der Waals surface area (Å²) in [5.74, 6) is 0.302. The van der Waals surface area contributed by atoms with Gasteiger partial charge in [0.1, 0.15) is 5.82 Å². The van der Waals surface area contributed by atoms with Gasteiger partial charge < -0.3 is 10.2 Å². The van der Waals surface area contributed by atoms with Gasteiger partial charge in [-0.3, -0.25) is 4.98 Å². The number of aromatic nitrogens is 3. The third-order valence-corrected chi connectivity index (χ3v) is 3.74. The first kappa shape index (κ1) is 17.0. The number of hydrogen-bond donors (Lipinski definition) is 1. The molecular formula is C19H20FN5. The Labute approximate surface area is 146 Å². The molecule has 3 aromatic rings. The number of halogens is 1. The maximum absolute atomic E-state index is 13.2. The van der Waals surface area contributed by atoms with Gasteiger partial charge in [0.05, 0.1) is 5.69 Å². The largest absolute Gasteiger partial charge is 0.353 e. The van der Waals surface area contributed by atoms with E-state index in [9.17, 15) is 4.39 Å². The molecule has 0 saturated heterocycles. The van der Waals surface area contributed by atoms with Crippen LogP contribution >= 0.6 is 0 Å². The van der Waals surface area contributed by atoms with E-state index in [0.717, 1.165) is 35.5 Å². The van der Waals surface area contributed by atoms with E-state index >= 15 is 0 Å². The monoisotopic (exact) mass is 337 g/mol. The number of anilines is 1. The van der Waals surface area contributed by atoms with Crippen molar-refractivity contribution in [3.8, 4) is 22.4 Å². The zero-order valence-corrected chi connectivity index (χ0v) is 14.3. The van der Waals surface area contributed by atoms with Crippen LogP contribution in [0.2, 0.25) is 0 Å². The Morgan fingerprint density at radius 2 is 1.72 bits per heavy atom. The van der Waals surface area contributed by atoms with Crippen molar-refractivity contribution in [2.24, 2.45) is 0 Å². The molecule has 6 heteroatoms. The molecule has 0 amide bonds. The van der Waals surface area contributed by atoms with Crippen LogP contribution in [0.4, 0.5) is 10.3 Å². The van der Waals surface area contributed by atoms with Gasteiger partial charge in [0.2, 0.25) is 5.95 Å². The molecule has 0 unspecified atom stereocenters. The van der Waals surface area contributed by atoms with Crippen molar-refractivity contribution in [2.75, 3.05) is 32.5 Å². The Hall–Kier alpha value is -2.86. The lowest BCUT2D eigenvalue weighted by Gasteiger charge is -2.13. The summed E-state index contributed by atoms with van der Waals surface area (Å²) < 4.78 is 13.2. The molecule has 0 bridgehead atoms. The van der Waals surface area contributed by atoms with Gasteiger partial charge in [0.25, 0.3) is 0 Å². The Morgan fingerprint density at radius 3 is 2.40 bits per heavy atom. The second kappa shape index (κ2) is 7.81. The van der Waals surface area contributed by atoms with Crippen LogP contribution in [0.1, 0.15) is 0 Å². The zero-order chi connectivity index (χ0) is 17.6. The third-order valence-electron chi connectivity index (χ3n) is 3.74. The Bertz CT molecular complexity index is 819. The van der Waals surface area contributed by atoms with Gasteiger partial charge in [-0.15, -0.1) is 0 Å². The van der Waals surface area contributed by atoms with Crippen LogP contribution in [0, 0.1) is 5.82 Å². The molecule has 2 heterocycles. The van der Waals surface area contributed by atoms with E-state index in [1.54, 1.807) is 30.7 Å². The molecular weight excluding hydrogens is 317 g/mol. The molecule has 1 N–H and O–H groups in total. The maximum Gasteiger partial charge on any atom is 0.223 e. The van der Waals surface area contributed by atoms with Crippen molar-refractivity contribution in [1.29, 1.82) is 0 Å². The highest BCUT2D eigenvalue weighted by atomic mass is 19.1. The molecule has 0 aliphatic carbocycles. The van der Waals surface area contributed by atoms with Crippen molar-refractivity contribution >= 4 is 5.95 Å². The summed E-state index contributed by atoms with van der Waals surface area (Å²) in [4.78, 5) is 15.2. The van der Waals surface area contributed by atoms with Crippen molar-refractivity contribution in [3.63, 3.8) is 0 Å². The van der Waals surface area contributed by atoms with E-state index in [-0.39, 0.29) is 5.82 Å². The van der Waals surface area contributed by atoms with Crippen LogP contribution in [-0.4, -0.2) is 47.0 Å². The SMILES string of the molecule is CN(C)CCNc1ncc(-c2ccc(F)cc2)c(-c2ccncc2)n1. The minimum atomic E-state index is -0.267. The molecule has 1 aromatic carbocycles. The van der Waals surface area contributed by atoms with Crippen molar-refractivity contribution in [3.05, 3.63) is 60.8 Å². The summed E-state index contributed by atoms with van der Waals surface area (Å²) in [6.07, 6.45) is 5.23. The van der Waals surface area contributed by atoms with E-state index in [0.29, 0.717) is 5.95 Å². The molecule has 0 saturated carbocycles. The number of nitrogens with zero attached hydrogens (tertiary/aromatic N) is 4. The summed E-state index contributed by atoms with van der Waals surface area (Å²) in [6, 6.07) is 10.2. The number of nitrogens with one attached hydrogen (secondary N) is 1. The van der Waals surface area contributed by atoms with E-state index < -0.39 is 0 Å². The maximum atomic E-state index is 13.2. The van der Waals surface area contributed by atoms with Gasteiger partial charge in [0.15, 0.2) is 0 Å². The molecule has 3 rings (SSSR count). The standard InChI is InChI=1S/C19H20FN5/c1-25(2)12-11-22-19-23-13-17(14-3-5-16(20)6-4-14)18(24-19)15-7-9-21-10-8-15/h3-10,13H,11-12H2,1-2H3,(H,22,23,24). The predicted octanol–water partition coefficient (Wildman–Crippen LogP) is 3.32. The predicted molar refractivity (Wildman–Crippen MR) is 97.7 cm³/mol. The first-order valence-corrected chi connectivity index (χ1v) is 8.05. The van der Waals surface area contributed by atoms with E-state index in [1.165, 1.54) is 12.1 Å². The fourth-order valence-corrected chi connectivity index (χ4v) is 2.43. The molecule has 0 fully saturated rings. The minimum Gasteiger partial charge on any atom is -0.353 e. The van der Waals surface area contributed by atoms with Crippen LogP contribution in [0.25, 0.3) is 22.4 Å². The summed E-state index contributed by atoms with van der Waals surface area (Å²) >= 11 is 0. The second-order valence-corrected chi connectivity index (χ2v) is 5.93. The molecule has 128 valence electrons. The molecule has 5 nitrogen and oxygen atoms in total. The number of hydrogen-bond acceptors (Lipinski definition) is 5. The molecule has 0 aliphatic rings. The summed E-state index contributed by atoms with van der Waals surface area (Å²) in [5, 5.41) is 3.23. The van der Waals surface area contributed by atoms with Crippen LogP contribution in [0.3, 0.4) is 0 Å². The van der Waals surface area contributed by atoms with Gasteiger partial charge in [-0.2, -0.15) is 0 Å². The first-order chi connectivity index (χ1) is 12.1. The number of rotatable bonds is 6. The van der Waals surface area contributed by atoms with Crippen LogP contribution < -0.4 is 5.32 Å². The normalized spacial score (nSPS) is 10.9. The fourth-order valence-electron chi connectivity index (χ4n) is 2.43. The quantitative estimate of drug-likeness (QED) is 0.748. The van der Waals surface area contributed by atoms with Crippen molar-refractivity contribution in [1.82, 2.24) is 19.9 Å². The molecule has 2 aromatic heterocycles. The smallest absolute Gasteiger partial charge is 0.223 e. The van der Waals surface area contributed by atoms with Gasteiger partial charge in [0, 0.05) is 42.8 Å². The lowest BCUT2D eigenvalue weighted by atomic mass is 10.0. The number of likely N-dealkylation sites (N-methyl/N-ethyl adjacent to an activating group) is 1. The lowest BCUT2D eigenvalue weighted by molar-refractivity contribution is 0.425. The van der Waals surface area contributed by atoms with Crippen molar-refractivity contribution in [2.45, 2.75) is 0 Å². The number of benzene rings is 1. The highest BCUT2D eigenvalue weighted by Gasteiger charge is 2.12. The highest BCUT2D eigenvalue weighted by Crippen LogP contribution is 2.30. The van der Waals surface area contributed by atoms with Gasteiger partial charge in [-0.05, 0) is 43.9 Å². The number of pyridine rings is 1. The van der Waals surface area contributed by atoms with Gasteiger partial charge in [-0.25, -0.2) is 14.4 Å². The first-order valence-electron chi connectivity index (χ1n) is 8.05.